The molecule has 0 aliphatic heterocycles. The fourth-order valence-electron chi connectivity index (χ4n) is 2.16. The van der Waals surface area contributed by atoms with Crippen LogP contribution >= 0.6 is 11.8 Å². The van der Waals surface area contributed by atoms with Crippen LogP contribution in [0.25, 0.3) is 0 Å². The number of hydrogen-bond acceptors (Lipinski definition) is 7. The van der Waals surface area contributed by atoms with E-state index < -0.39 is 0 Å². The monoisotopic (exact) mass is 368 g/mol. The van der Waals surface area contributed by atoms with E-state index in [4.69, 9.17) is 10.6 Å². The molecule has 2 aromatic carbocycles. The largest absolute Gasteiger partial charge is 0.494 e. The molecule has 7 nitrogen and oxygen atoms in total. The van der Waals surface area contributed by atoms with E-state index in [1.165, 1.54) is 22.0 Å². The van der Waals surface area contributed by atoms with Gasteiger partial charge >= 0.3 is 0 Å². The first-order valence-corrected chi connectivity index (χ1v) is 9.14. The lowest BCUT2D eigenvalue weighted by Crippen LogP contribution is -2.13. The molecule has 0 amide bonds. The van der Waals surface area contributed by atoms with Crippen molar-refractivity contribution in [3.63, 3.8) is 0 Å². The average molecular weight is 368 g/mol. The van der Waals surface area contributed by atoms with E-state index in [0.717, 1.165) is 17.1 Å². The van der Waals surface area contributed by atoms with Gasteiger partial charge in [-0.1, -0.05) is 42.1 Å². The molecular formula is C18H20N6OS. The minimum atomic E-state index is 0.378. The average Bonchev–Trinajstić information content (AvgIpc) is 3.02. The molecule has 0 fully saturated rings. The maximum Gasteiger partial charge on any atom is 0.264 e. The molecule has 1 aromatic heterocycles. The van der Waals surface area contributed by atoms with Crippen molar-refractivity contribution in [3.8, 4) is 5.75 Å². The molecule has 1 heterocycles. The Balaban J connectivity index is 1.56. The number of benzene rings is 2. The minimum absolute atomic E-state index is 0.378. The molecule has 134 valence electrons. The third-order valence-corrected chi connectivity index (χ3v) is 4.46. The van der Waals surface area contributed by atoms with E-state index in [-0.39, 0.29) is 0 Å². The van der Waals surface area contributed by atoms with Gasteiger partial charge in [0.25, 0.3) is 5.95 Å². The first-order valence-electron chi connectivity index (χ1n) is 8.15. The topological polar surface area (TPSA) is 90.3 Å². The van der Waals surface area contributed by atoms with Crippen molar-refractivity contribution in [3.05, 3.63) is 65.7 Å². The first kappa shape index (κ1) is 17.8. The number of nitrogens with one attached hydrogen (secondary N) is 1. The molecule has 0 saturated carbocycles. The third kappa shape index (κ3) is 4.76. The second kappa shape index (κ2) is 8.91. The van der Waals surface area contributed by atoms with Crippen LogP contribution in [0.15, 0.2) is 64.9 Å². The number of nitrogens with zero attached hydrogens (tertiary/aromatic N) is 4. The zero-order chi connectivity index (χ0) is 18.2. The van der Waals surface area contributed by atoms with Crippen LogP contribution in [-0.4, -0.2) is 27.7 Å². The van der Waals surface area contributed by atoms with E-state index in [1.54, 1.807) is 6.21 Å². The number of nitrogen functional groups attached to an aromatic ring is 1. The summed E-state index contributed by atoms with van der Waals surface area (Å²) in [6.07, 6.45) is 1.68. The summed E-state index contributed by atoms with van der Waals surface area (Å²) in [6.45, 7) is 2.60. The lowest BCUT2D eigenvalue weighted by atomic mass is 10.2. The lowest BCUT2D eigenvalue weighted by molar-refractivity contribution is 0.340. The maximum absolute atomic E-state index is 6.02. The van der Waals surface area contributed by atoms with E-state index in [9.17, 15) is 0 Å². The zero-order valence-corrected chi connectivity index (χ0v) is 15.2. The summed E-state index contributed by atoms with van der Waals surface area (Å²) in [5.74, 6) is 8.00. The highest BCUT2D eigenvalue weighted by Crippen LogP contribution is 2.21. The molecule has 26 heavy (non-hydrogen) atoms. The molecule has 0 unspecified atom stereocenters. The fourth-order valence-corrected chi connectivity index (χ4v) is 2.97. The summed E-state index contributed by atoms with van der Waals surface area (Å²) >= 11 is 1.52. The van der Waals surface area contributed by atoms with Crippen LogP contribution in [0.1, 0.15) is 18.1 Å². The van der Waals surface area contributed by atoms with Crippen LogP contribution in [0.3, 0.4) is 0 Å². The number of rotatable bonds is 8. The van der Waals surface area contributed by atoms with Gasteiger partial charge < -0.3 is 10.6 Å². The van der Waals surface area contributed by atoms with Crippen LogP contribution < -0.4 is 16.0 Å². The van der Waals surface area contributed by atoms with Crippen LogP contribution in [-0.2, 0) is 5.75 Å². The van der Waals surface area contributed by atoms with Crippen molar-refractivity contribution in [1.29, 1.82) is 0 Å². The van der Waals surface area contributed by atoms with Crippen molar-refractivity contribution >= 4 is 23.9 Å². The summed E-state index contributed by atoms with van der Waals surface area (Å²) < 4.78 is 6.80. The highest BCUT2D eigenvalue weighted by molar-refractivity contribution is 7.98. The number of ether oxygens (including phenoxy) is 1. The predicted molar refractivity (Wildman–Crippen MR) is 105 cm³/mol. The Morgan fingerprint density at radius 3 is 2.65 bits per heavy atom. The Hall–Kier alpha value is -3.00. The smallest absolute Gasteiger partial charge is 0.264 e. The molecule has 0 aliphatic rings. The van der Waals surface area contributed by atoms with Gasteiger partial charge in [-0.05, 0) is 42.3 Å². The number of hydrogen-bond donors (Lipinski definition) is 2. The summed E-state index contributed by atoms with van der Waals surface area (Å²) in [6, 6.07) is 17.8. The van der Waals surface area contributed by atoms with Crippen molar-refractivity contribution in [2.24, 2.45) is 5.10 Å². The van der Waals surface area contributed by atoms with Gasteiger partial charge in [0.15, 0.2) is 0 Å². The van der Waals surface area contributed by atoms with E-state index in [0.29, 0.717) is 17.7 Å². The van der Waals surface area contributed by atoms with Crippen molar-refractivity contribution in [2.75, 3.05) is 17.9 Å². The fraction of sp³-hybridized carbons (Fsp3) is 0.167. The molecule has 8 heteroatoms. The molecule has 0 radical (unpaired) electrons. The van der Waals surface area contributed by atoms with E-state index in [1.807, 2.05) is 49.4 Å². The van der Waals surface area contributed by atoms with Crippen molar-refractivity contribution < 1.29 is 4.74 Å². The molecule has 0 bridgehead atoms. The summed E-state index contributed by atoms with van der Waals surface area (Å²) in [4.78, 5) is 0. The molecule has 3 N–H and O–H groups in total. The highest BCUT2D eigenvalue weighted by atomic mass is 32.2. The number of aromatic nitrogens is 3. The Morgan fingerprint density at radius 1 is 1.15 bits per heavy atom. The van der Waals surface area contributed by atoms with Crippen LogP contribution in [0.5, 0.6) is 5.75 Å². The number of thioether (sulfide) groups is 1. The minimum Gasteiger partial charge on any atom is -0.494 e. The zero-order valence-electron chi connectivity index (χ0n) is 14.4. The highest BCUT2D eigenvalue weighted by Gasteiger charge is 2.09. The number of nitrogens with two attached hydrogens (primary N) is 1. The van der Waals surface area contributed by atoms with Gasteiger partial charge in [0.05, 0.1) is 12.8 Å². The second-order valence-electron chi connectivity index (χ2n) is 5.32. The van der Waals surface area contributed by atoms with Gasteiger partial charge in [-0.2, -0.15) is 5.10 Å². The van der Waals surface area contributed by atoms with Gasteiger partial charge in [-0.25, -0.2) is 10.1 Å². The summed E-state index contributed by atoms with van der Waals surface area (Å²) in [7, 11) is 0. The SMILES string of the molecule is CCOc1ccc(/C=N/Nc2nnc(SCc3ccccc3)n2N)cc1. The molecular weight excluding hydrogens is 348 g/mol. The molecule has 3 rings (SSSR count). The molecule has 0 aliphatic carbocycles. The standard InChI is InChI=1S/C18H20N6OS/c1-2-25-16-10-8-14(9-11-16)12-20-21-17-22-23-18(24(17)19)26-13-15-6-4-3-5-7-15/h3-12H,2,13,19H2,1H3,(H,21,22)/b20-12+. The number of anilines is 1. The van der Waals surface area contributed by atoms with Gasteiger partial charge in [-0.15, -0.1) is 10.2 Å². The predicted octanol–water partition coefficient (Wildman–Crippen LogP) is 3.13. The normalized spacial score (nSPS) is 11.0. The molecule has 0 spiro atoms. The van der Waals surface area contributed by atoms with Crippen LogP contribution in [0.2, 0.25) is 0 Å². The summed E-state index contributed by atoms with van der Waals surface area (Å²) in [5.41, 5.74) is 4.94. The van der Waals surface area contributed by atoms with Crippen molar-refractivity contribution in [1.82, 2.24) is 14.9 Å². The van der Waals surface area contributed by atoms with Crippen LogP contribution in [0, 0.1) is 0 Å². The van der Waals surface area contributed by atoms with E-state index >= 15 is 0 Å². The van der Waals surface area contributed by atoms with Gasteiger partial charge in [0.1, 0.15) is 5.75 Å². The second-order valence-corrected chi connectivity index (χ2v) is 6.27. The maximum atomic E-state index is 6.02. The Labute approximate surface area is 156 Å². The van der Waals surface area contributed by atoms with Gasteiger partial charge in [-0.3, -0.25) is 0 Å². The Morgan fingerprint density at radius 2 is 1.92 bits per heavy atom. The van der Waals surface area contributed by atoms with Crippen molar-refractivity contribution in [2.45, 2.75) is 17.8 Å². The molecule has 0 saturated heterocycles. The molecule has 0 atom stereocenters. The lowest BCUT2D eigenvalue weighted by Gasteiger charge is -2.03. The molecule has 3 aromatic rings. The quantitative estimate of drug-likeness (QED) is 0.275. The summed E-state index contributed by atoms with van der Waals surface area (Å²) in [5, 5.41) is 12.9. The van der Waals surface area contributed by atoms with Crippen LogP contribution in [0.4, 0.5) is 5.95 Å². The Kier molecular flexibility index (Phi) is 6.10. The van der Waals surface area contributed by atoms with Gasteiger partial charge in [0.2, 0.25) is 5.16 Å². The van der Waals surface area contributed by atoms with Gasteiger partial charge in [0, 0.05) is 5.75 Å². The van der Waals surface area contributed by atoms with E-state index in [2.05, 4.69) is 32.9 Å². The number of hydrazone groups is 1. The Bertz CT molecular complexity index is 848. The first-order chi connectivity index (χ1) is 12.8. The third-order valence-electron chi connectivity index (χ3n) is 3.44.